The number of carbonyl (C=O) groups is 1. The molecule has 0 aliphatic heterocycles. The molecule has 0 aliphatic carbocycles. The van der Waals surface area contributed by atoms with Crippen LogP contribution >= 0.6 is 0 Å². The predicted octanol–water partition coefficient (Wildman–Crippen LogP) is 0.399. The van der Waals surface area contributed by atoms with E-state index in [1.54, 1.807) is 26.0 Å². The summed E-state index contributed by atoms with van der Waals surface area (Å²) in [4.78, 5) is 14.1. The van der Waals surface area contributed by atoms with Gasteiger partial charge in [0.05, 0.1) is 12.0 Å². The fourth-order valence-corrected chi connectivity index (χ4v) is 4.51. The largest absolute Gasteiger partial charge is 0.448 e. The first-order valence-electron chi connectivity index (χ1n) is 10.2. The van der Waals surface area contributed by atoms with Gasteiger partial charge in [0, 0.05) is 37.6 Å². The second-order valence-corrected chi connectivity index (χ2v) is 10.9. The number of aromatic nitrogens is 4. The van der Waals surface area contributed by atoms with Crippen LogP contribution in [-0.4, -0.2) is 81.4 Å². The minimum atomic E-state index is -3.80. The van der Waals surface area contributed by atoms with Gasteiger partial charge in [0.1, 0.15) is 6.61 Å². The van der Waals surface area contributed by atoms with Crippen molar-refractivity contribution in [2.45, 2.75) is 32.5 Å². The maximum absolute atomic E-state index is 12.3. The summed E-state index contributed by atoms with van der Waals surface area (Å²) in [6.45, 7) is 6.80. The van der Waals surface area contributed by atoms with Crippen LogP contribution in [0.25, 0.3) is 0 Å². The molecule has 15 heteroatoms. The van der Waals surface area contributed by atoms with Gasteiger partial charge in [0.2, 0.25) is 19.9 Å². The van der Waals surface area contributed by atoms with E-state index in [0.717, 1.165) is 22.2 Å². The van der Waals surface area contributed by atoms with Gasteiger partial charge in [-0.1, -0.05) is 5.10 Å². The normalized spacial score (nSPS) is 11.9. The van der Waals surface area contributed by atoms with Gasteiger partial charge in [0.15, 0.2) is 0 Å². The van der Waals surface area contributed by atoms with E-state index < -0.39 is 31.7 Å². The van der Waals surface area contributed by atoms with Gasteiger partial charge in [-0.25, -0.2) is 31.0 Å². The van der Waals surface area contributed by atoms with Gasteiger partial charge in [-0.3, -0.25) is 5.32 Å². The molecule has 0 atom stereocenters. The summed E-state index contributed by atoms with van der Waals surface area (Å²) in [7, 11) is -7.06. The Labute approximate surface area is 193 Å². The lowest BCUT2D eigenvalue weighted by Crippen LogP contribution is -2.34. The smallest absolute Gasteiger partial charge is 0.411 e. The van der Waals surface area contributed by atoms with Crippen molar-refractivity contribution >= 4 is 37.3 Å². The van der Waals surface area contributed by atoms with Crippen LogP contribution in [0.5, 0.6) is 0 Å². The van der Waals surface area contributed by atoms with Crippen molar-refractivity contribution in [1.82, 2.24) is 24.9 Å². The van der Waals surface area contributed by atoms with Crippen molar-refractivity contribution in [3.63, 3.8) is 0 Å². The van der Waals surface area contributed by atoms with Gasteiger partial charge >= 0.3 is 6.09 Å². The van der Waals surface area contributed by atoms with Crippen LogP contribution in [0.2, 0.25) is 0 Å². The Morgan fingerprint density at radius 2 is 1.94 bits per heavy atom. The van der Waals surface area contributed by atoms with E-state index in [1.807, 2.05) is 17.9 Å². The SMILES string of the molecule is CCN(CCNS(C)(=O)=O)c1ccc(NC(=O)OCCS(=O)(=O)c2nnnn2CC)c(C)c1. The lowest BCUT2D eigenvalue weighted by molar-refractivity contribution is 0.168. The standard InChI is InChI=1S/C18H29N7O6S2/c1-5-24(10-9-19-32(4,27)28)15-7-8-16(14(3)13-15)20-18(26)31-11-12-33(29,30)17-21-22-23-25(17)6-2/h7-8,13,19H,5-6,9-12H2,1-4H3,(H,20,26). The lowest BCUT2D eigenvalue weighted by atomic mass is 10.1. The van der Waals surface area contributed by atoms with Crippen LogP contribution < -0.4 is 14.9 Å². The van der Waals surface area contributed by atoms with Crippen LogP contribution in [0, 0.1) is 6.92 Å². The van der Waals surface area contributed by atoms with Crippen molar-refractivity contribution in [2.75, 3.05) is 48.5 Å². The molecule has 1 heterocycles. The molecule has 2 N–H and O–H groups in total. The second kappa shape index (κ2) is 11.4. The molecule has 0 spiro atoms. The Kier molecular flexibility index (Phi) is 9.13. The molecule has 0 saturated carbocycles. The van der Waals surface area contributed by atoms with E-state index in [0.29, 0.717) is 25.3 Å². The number of sulfonamides is 1. The number of nitrogens with one attached hydrogen (secondary N) is 2. The molecule has 0 fully saturated rings. The van der Waals surface area contributed by atoms with Crippen LogP contribution in [0.15, 0.2) is 23.4 Å². The zero-order valence-electron chi connectivity index (χ0n) is 19.0. The number of sulfone groups is 1. The summed E-state index contributed by atoms with van der Waals surface area (Å²) in [6.07, 6.45) is 0.317. The third-order valence-electron chi connectivity index (χ3n) is 4.60. The lowest BCUT2D eigenvalue weighted by Gasteiger charge is -2.24. The summed E-state index contributed by atoms with van der Waals surface area (Å²) in [5.74, 6) is -0.453. The molecule has 0 bridgehead atoms. The molecule has 2 aromatic rings. The summed E-state index contributed by atoms with van der Waals surface area (Å²) in [5.41, 5.74) is 2.13. The van der Waals surface area contributed by atoms with E-state index in [1.165, 1.54) is 0 Å². The average Bonchev–Trinajstić information content (AvgIpc) is 3.22. The predicted molar refractivity (Wildman–Crippen MR) is 122 cm³/mol. The van der Waals surface area contributed by atoms with Crippen molar-refractivity contribution in [1.29, 1.82) is 0 Å². The van der Waals surface area contributed by atoms with Crippen LogP contribution in [0.3, 0.4) is 0 Å². The number of hydrogen-bond acceptors (Lipinski definition) is 10. The highest BCUT2D eigenvalue weighted by Gasteiger charge is 2.23. The Balaban J connectivity index is 1.91. The maximum atomic E-state index is 12.3. The number of likely N-dealkylation sites (N-methyl/N-ethyl adjacent to an activating group) is 1. The van der Waals surface area contributed by atoms with Crippen molar-refractivity contribution in [2.24, 2.45) is 0 Å². The Morgan fingerprint density at radius 1 is 1.21 bits per heavy atom. The van der Waals surface area contributed by atoms with E-state index >= 15 is 0 Å². The molecule has 13 nitrogen and oxygen atoms in total. The van der Waals surface area contributed by atoms with E-state index in [4.69, 9.17) is 4.74 Å². The zero-order valence-corrected chi connectivity index (χ0v) is 20.6. The number of anilines is 2. The first kappa shape index (κ1) is 26.5. The molecule has 0 aliphatic rings. The number of hydrogen-bond donors (Lipinski definition) is 2. The first-order chi connectivity index (χ1) is 15.5. The number of nitrogens with zero attached hydrogens (tertiary/aromatic N) is 5. The number of carbonyl (C=O) groups excluding carboxylic acids is 1. The third-order valence-corrected chi connectivity index (χ3v) is 6.88. The number of aryl methyl sites for hydroxylation is 2. The molecule has 1 amide bonds. The second-order valence-electron chi connectivity index (χ2n) is 7.10. The molecule has 1 aromatic carbocycles. The molecular formula is C18H29N7O6S2. The summed E-state index contributed by atoms with van der Waals surface area (Å²) < 4.78 is 55.7. The highest BCUT2D eigenvalue weighted by molar-refractivity contribution is 7.91. The number of rotatable bonds is 12. The molecule has 0 radical (unpaired) electrons. The Hall–Kier alpha value is -2.78. The van der Waals surface area contributed by atoms with Gasteiger partial charge in [0.25, 0.3) is 5.16 Å². The van der Waals surface area contributed by atoms with Crippen LogP contribution in [-0.2, 0) is 31.1 Å². The summed E-state index contributed by atoms with van der Waals surface area (Å²) >= 11 is 0. The minimum absolute atomic E-state index is 0.269. The zero-order chi connectivity index (χ0) is 24.6. The molecule has 33 heavy (non-hydrogen) atoms. The molecule has 0 unspecified atom stereocenters. The van der Waals surface area contributed by atoms with E-state index in [9.17, 15) is 21.6 Å². The number of amides is 1. The molecule has 184 valence electrons. The highest BCUT2D eigenvalue weighted by Crippen LogP contribution is 2.23. The molecular weight excluding hydrogens is 474 g/mol. The monoisotopic (exact) mass is 503 g/mol. The van der Waals surface area contributed by atoms with Gasteiger partial charge in [-0.15, -0.1) is 0 Å². The minimum Gasteiger partial charge on any atom is -0.448 e. The fourth-order valence-electron chi connectivity index (χ4n) is 2.92. The van der Waals surface area contributed by atoms with Gasteiger partial charge in [-0.05, 0) is 55.0 Å². The molecule has 2 rings (SSSR count). The summed E-state index contributed by atoms with van der Waals surface area (Å²) in [5, 5.41) is 12.8. The molecule has 0 saturated heterocycles. The Morgan fingerprint density at radius 3 is 2.55 bits per heavy atom. The molecule has 1 aromatic heterocycles. The van der Waals surface area contributed by atoms with Gasteiger partial charge < -0.3 is 9.64 Å². The van der Waals surface area contributed by atoms with Gasteiger partial charge in [-0.2, -0.15) is 0 Å². The highest BCUT2D eigenvalue weighted by atomic mass is 32.2. The average molecular weight is 504 g/mol. The summed E-state index contributed by atoms with van der Waals surface area (Å²) in [6, 6.07) is 5.35. The van der Waals surface area contributed by atoms with E-state index in [-0.39, 0.29) is 18.3 Å². The number of benzene rings is 1. The van der Waals surface area contributed by atoms with Crippen molar-refractivity contribution in [3.05, 3.63) is 23.8 Å². The fraction of sp³-hybridized carbons (Fsp3) is 0.556. The Bertz CT molecular complexity index is 1160. The van der Waals surface area contributed by atoms with Crippen LogP contribution in [0.4, 0.5) is 16.2 Å². The number of tetrazole rings is 1. The van der Waals surface area contributed by atoms with Crippen molar-refractivity contribution < 1.29 is 26.4 Å². The van der Waals surface area contributed by atoms with Crippen LogP contribution in [0.1, 0.15) is 19.4 Å². The van der Waals surface area contributed by atoms with E-state index in [2.05, 4.69) is 25.6 Å². The topological polar surface area (TPSA) is 165 Å². The van der Waals surface area contributed by atoms with Crippen molar-refractivity contribution in [3.8, 4) is 0 Å². The quantitative estimate of drug-likeness (QED) is 0.414. The first-order valence-corrected chi connectivity index (χ1v) is 13.7. The third kappa shape index (κ3) is 7.94. The number of ether oxygens (including phenoxy) is 1. The maximum Gasteiger partial charge on any atom is 0.411 e.